The van der Waals surface area contributed by atoms with Gasteiger partial charge in [-0.15, -0.1) is 0 Å². The summed E-state index contributed by atoms with van der Waals surface area (Å²) < 4.78 is 0. The number of amidine groups is 1. The Labute approximate surface area is 89.6 Å². The number of nitrogen functional groups attached to an aromatic ring is 1. The predicted octanol–water partition coefficient (Wildman–Crippen LogP) is 0.499. The molecule has 1 aromatic carbocycles. The molecule has 4 nitrogen and oxygen atoms in total. The third kappa shape index (κ3) is 2.27. The van der Waals surface area contributed by atoms with Gasteiger partial charge in [0.25, 0.3) is 0 Å². The Bertz CT molecular complexity index is 355. The van der Waals surface area contributed by atoms with Crippen LogP contribution in [0.1, 0.15) is 5.56 Å². The van der Waals surface area contributed by atoms with E-state index in [2.05, 4.69) is 10.2 Å². The molecule has 80 valence electrons. The molecule has 0 spiro atoms. The van der Waals surface area contributed by atoms with Crippen LogP contribution >= 0.6 is 0 Å². The van der Waals surface area contributed by atoms with Gasteiger partial charge in [0.1, 0.15) is 5.84 Å². The third-order valence-corrected chi connectivity index (χ3v) is 2.59. The highest BCUT2D eigenvalue weighted by atomic mass is 15.2. The second-order valence-corrected chi connectivity index (χ2v) is 3.71. The van der Waals surface area contributed by atoms with Gasteiger partial charge in [0.2, 0.25) is 0 Å². The Hall–Kier alpha value is -1.55. The summed E-state index contributed by atoms with van der Waals surface area (Å²) in [6.45, 7) is 3.69. The molecule has 0 bridgehead atoms. The first-order chi connectivity index (χ1) is 7.27. The highest BCUT2D eigenvalue weighted by Gasteiger charge is 2.14. The van der Waals surface area contributed by atoms with Crippen LogP contribution in [-0.2, 0) is 0 Å². The second kappa shape index (κ2) is 4.31. The monoisotopic (exact) mass is 204 g/mol. The standard InChI is InChI=1S/C11H16N4/c12-10-3-1-2-9(8-10)11(13)15-6-4-14-5-7-15/h1-3,8,13-14H,4-7,12H2. The van der Waals surface area contributed by atoms with Gasteiger partial charge in [0.15, 0.2) is 0 Å². The van der Waals surface area contributed by atoms with E-state index >= 15 is 0 Å². The zero-order chi connectivity index (χ0) is 10.7. The van der Waals surface area contributed by atoms with Gasteiger partial charge in [-0.1, -0.05) is 12.1 Å². The molecule has 1 aliphatic heterocycles. The third-order valence-electron chi connectivity index (χ3n) is 2.59. The van der Waals surface area contributed by atoms with Crippen LogP contribution in [0.15, 0.2) is 24.3 Å². The maximum absolute atomic E-state index is 8.06. The number of benzene rings is 1. The first kappa shape index (κ1) is 9.98. The summed E-state index contributed by atoms with van der Waals surface area (Å²) in [6, 6.07) is 7.51. The molecule has 1 heterocycles. The zero-order valence-corrected chi connectivity index (χ0v) is 8.66. The minimum Gasteiger partial charge on any atom is -0.399 e. The summed E-state index contributed by atoms with van der Waals surface area (Å²) >= 11 is 0. The number of hydrogen-bond donors (Lipinski definition) is 3. The Morgan fingerprint density at radius 3 is 2.73 bits per heavy atom. The Morgan fingerprint density at radius 2 is 2.07 bits per heavy atom. The topological polar surface area (TPSA) is 65.1 Å². The Morgan fingerprint density at radius 1 is 1.33 bits per heavy atom. The lowest BCUT2D eigenvalue weighted by atomic mass is 10.1. The largest absolute Gasteiger partial charge is 0.399 e. The van der Waals surface area contributed by atoms with Crippen LogP contribution in [0.25, 0.3) is 0 Å². The molecular weight excluding hydrogens is 188 g/mol. The average molecular weight is 204 g/mol. The van der Waals surface area contributed by atoms with Crippen molar-refractivity contribution in [2.75, 3.05) is 31.9 Å². The molecule has 1 aliphatic rings. The molecule has 15 heavy (non-hydrogen) atoms. The van der Waals surface area contributed by atoms with Crippen molar-refractivity contribution in [2.45, 2.75) is 0 Å². The van der Waals surface area contributed by atoms with Crippen LogP contribution in [0.4, 0.5) is 5.69 Å². The average Bonchev–Trinajstić information content (AvgIpc) is 2.29. The van der Waals surface area contributed by atoms with Crippen molar-refractivity contribution >= 4 is 11.5 Å². The van der Waals surface area contributed by atoms with Gasteiger partial charge in [0, 0.05) is 37.4 Å². The molecule has 1 aromatic rings. The van der Waals surface area contributed by atoms with Crippen molar-refractivity contribution in [2.24, 2.45) is 0 Å². The number of nitrogens with two attached hydrogens (primary N) is 1. The fourth-order valence-corrected chi connectivity index (χ4v) is 1.76. The van der Waals surface area contributed by atoms with E-state index < -0.39 is 0 Å². The zero-order valence-electron chi connectivity index (χ0n) is 8.66. The van der Waals surface area contributed by atoms with Crippen LogP contribution in [0, 0.1) is 5.41 Å². The molecule has 0 atom stereocenters. The molecular formula is C11H16N4. The van der Waals surface area contributed by atoms with E-state index in [1.807, 2.05) is 24.3 Å². The number of nitrogens with one attached hydrogen (secondary N) is 2. The van der Waals surface area contributed by atoms with Crippen molar-refractivity contribution in [1.82, 2.24) is 10.2 Å². The molecule has 4 N–H and O–H groups in total. The van der Waals surface area contributed by atoms with Crippen LogP contribution in [0.5, 0.6) is 0 Å². The van der Waals surface area contributed by atoms with Crippen molar-refractivity contribution in [3.8, 4) is 0 Å². The fourth-order valence-electron chi connectivity index (χ4n) is 1.76. The highest BCUT2D eigenvalue weighted by molar-refractivity contribution is 5.97. The van der Waals surface area contributed by atoms with Crippen LogP contribution in [-0.4, -0.2) is 36.9 Å². The fraction of sp³-hybridized carbons (Fsp3) is 0.364. The van der Waals surface area contributed by atoms with E-state index in [1.54, 1.807) is 0 Å². The smallest absolute Gasteiger partial charge is 0.128 e. The van der Waals surface area contributed by atoms with Crippen molar-refractivity contribution in [3.05, 3.63) is 29.8 Å². The minimum absolute atomic E-state index is 0.573. The van der Waals surface area contributed by atoms with Crippen LogP contribution in [0.2, 0.25) is 0 Å². The van der Waals surface area contributed by atoms with Gasteiger partial charge in [-0.2, -0.15) is 0 Å². The van der Waals surface area contributed by atoms with Gasteiger partial charge in [-0.25, -0.2) is 0 Å². The van der Waals surface area contributed by atoms with Gasteiger partial charge < -0.3 is 16.0 Å². The number of rotatable bonds is 1. The Kier molecular flexibility index (Phi) is 2.87. The summed E-state index contributed by atoms with van der Waals surface area (Å²) in [7, 11) is 0. The van der Waals surface area contributed by atoms with Gasteiger partial charge in [0.05, 0.1) is 0 Å². The summed E-state index contributed by atoms with van der Waals surface area (Å²) in [5.74, 6) is 0.573. The van der Waals surface area contributed by atoms with E-state index in [4.69, 9.17) is 11.1 Å². The summed E-state index contributed by atoms with van der Waals surface area (Å²) in [4.78, 5) is 2.07. The van der Waals surface area contributed by atoms with Crippen molar-refractivity contribution in [3.63, 3.8) is 0 Å². The lowest BCUT2D eigenvalue weighted by Gasteiger charge is -2.29. The van der Waals surface area contributed by atoms with E-state index in [0.29, 0.717) is 11.5 Å². The van der Waals surface area contributed by atoms with Crippen LogP contribution < -0.4 is 11.1 Å². The van der Waals surface area contributed by atoms with E-state index in [9.17, 15) is 0 Å². The first-order valence-corrected chi connectivity index (χ1v) is 5.17. The second-order valence-electron chi connectivity index (χ2n) is 3.71. The van der Waals surface area contributed by atoms with E-state index in [-0.39, 0.29) is 0 Å². The predicted molar refractivity (Wildman–Crippen MR) is 62.1 cm³/mol. The van der Waals surface area contributed by atoms with E-state index in [0.717, 1.165) is 31.7 Å². The highest BCUT2D eigenvalue weighted by Crippen LogP contribution is 2.10. The van der Waals surface area contributed by atoms with E-state index in [1.165, 1.54) is 0 Å². The molecule has 0 saturated carbocycles. The lowest BCUT2D eigenvalue weighted by Crippen LogP contribution is -2.46. The molecule has 0 radical (unpaired) electrons. The van der Waals surface area contributed by atoms with Gasteiger partial charge in [-0.3, -0.25) is 5.41 Å². The number of piperazine rings is 1. The Balaban J connectivity index is 2.12. The van der Waals surface area contributed by atoms with Gasteiger partial charge in [-0.05, 0) is 12.1 Å². The number of nitrogens with zero attached hydrogens (tertiary/aromatic N) is 1. The minimum atomic E-state index is 0.573. The normalized spacial score (nSPS) is 16.4. The summed E-state index contributed by atoms with van der Waals surface area (Å²) in [5.41, 5.74) is 7.31. The number of hydrogen-bond acceptors (Lipinski definition) is 3. The SMILES string of the molecule is N=C(c1cccc(N)c1)N1CCNCC1. The molecule has 0 amide bonds. The molecule has 0 aliphatic carbocycles. The first-order valence-electron chi connectivity index (χ1n) is 5.17. The molecule has 0 unspecified atom stereocenters. The summed E-state index contributed by atoms with van der Waals surface area (Å²) in [5, 5.41) is 11.3. The molecule has 2 rings (SSSR count). The van der Waals surface area contributed by atoms with Crippen molar-refractivity contribution in [1.29, 1.82) is 5.41 Å². The lowest BCUT2D eigenvalue weighted by molar-refractivity contribution is 0.356. The molecule has 1 fully saturated rings. The maximum atomic E-state index is 8.06. The van der Waals surface area contributed by atoms with Crippen molar-refractivity contribution < 1.29 is 0 Å². The molecule has 0 aromatic heterocycles. The summed E-state index contributed by atoms with van der Waals surface area (Å²) in [6.07, 6.45) is 0. The van der Waals surface area contributed by atoms with Crippen LogP contribution in [0.3, 0.4) is 0 Å². The van der Waals surface area contributed by atoms with Gasteiger partial charge >= 0.3 is 0 Å². The molecule has 4 heteroatoms. The number of anilines is 1. The maximum Gasteiger partial charge on any atom is 0.128 e. The quantitative estimate of drug-likeness (QED) is 0.354. The molecule has 1 saturated heterocycles.